The maximum atomic E-state index is 12.0. The summed E-state index contributed by atoms with van der Waals surface area (Å²) >= 11 is 0. The van der Waals surface area contributed by atoms with Gasteiger partial charge in [0.2, 0.25) is 0 Å². The number of nitrogens with zero attached hydrogens (tertiary/aromatic N) is 1. The van der Waals surface area contributed by atoms with Crippen LogP contribution in [0.4, 0.5) is 0 Å². The zero-order valence-electron chi connectivity index (χ0n) is 12.2. The number of piperidine rings is 1. The Balaban J connectivity index is 1.85. The lowest BCUT2D eigenvalue weighted by Crippen LogP contribution is -2.36. The van der Waals surface area contributed by atoms with Gasteiger partial charge in [-0.2, -0.15) is 0 Å². The average molecular weight is 290 g/mol. The second kappa shape index (κ2) is 4.93. The minimum atomic E-state index is -2.04. The third-order valence-electron chi connectivity index (χ3n) is 4.31. The van der Waals surface area contributed by atoms with Crippen LogP contribution >= 0.6 is 0 Å². The summed E-state index contributed by atoms with van der Waals surface area (Å²) in [6.45, 7) is 3.89. The summed E-state index contributed by atoms with van der Waals surface area (Å²) in [6.07, 6.45) is 6.00. The second-order valence-electron chi connectivity index (χ2n) is 5.96. The SMILES string of the molecule is C=S(C)(=O)N1CCC(c2c[nH]c3ccc(C)cc23)CC1. The number of benzene rings is 1. The Kier molecular flexibility index (Phi) is 3.38. The molecule has 1 fully saturated rings. The van der Waals surface area contributed by atoms with Gasteiger partial charge in [-0.15, -0.1) is 0 Å². The highest BCUT2D eigenvalue weighted by Crippen LogP contribution is 2.34. The van der Waals surface area contributed by atoms with E-state index in [2.05, 4.69) is 42.2 Å². The maximum absolute atomic E-state index is 12.0. The number of aryl methyl sites for hydroxylation is 1. The van der Waals surface area contributed by atoms with Gasteiger partial charge in [0.25, 0.3) is 0 Å². The van der Waals surface area contributed by atoms with Crippen LogP contribution in [0.5, 0.6) is 0 Å². The summed E-state index contributed by atoms with van der Waals surface area (Å²) in [5.74, 6) is 4.35. The highest BCUT2D eigenvalue weighted by molar-refractivity contribution is 7.97. The van der Waals surface area contributed by atoms with Crippen LogP contribution in [0.3, 0.4) is 0 Å². The van der Waals surface area contributed by atoms with E-state index in [9.17, 15) is 4.21 Å². The van der Waals surface area contributed by atoms with Gasteiger partial charge in [-0.3, -0.25) is 4.21 Å². The number of nitrogens with one attached hydrogen (secondary N) is 1. The van der Waals surface area contributed by atoms with Crippen LogP contribution < -0.4 is 0 Å². The Morgan fingerprint density at radius 2 is 2.05 bits per heavy atom. The zero-order valence-corrected chi connectivity index (χ0v) is 13.0. The zero-order chi connectivity index (χ0) is 14.3. The molecule has 1 aliphatic heterocycles. The molecule has 108 valence electrons. The molecule has 0 radical (unpaired) electrons. The van der Waals surface area contributed by atoms with E-state index in [0.717, 1.165) is 25.9 Å². The number of hydrogen-bond acceptors (Lipinski definition) is 1. The molecule has 4 heteroatoms. The van der Waals surface area contributed by atoms with Gasteiger partial charge in [-0.1, -0.05) is 11.6 Å². The fourth-order valence-corrected chi connectivity index (χ4v) is 4.13. The molecule has 3 rings (SSSR count). The normalized spacial score (nSPS) is 21.1. The van der Waals surface area contributed by atoms with Crippen LogP contribution in [0.15, 0.2) is 24.4 Å². The third-order valence-corrected chi connectivity index (χ3v) is 5.77. The lowest BCUT2D eigenvalue weighted by atomic mass is 9.90. The van der Waals surface area contributed by atoms with Crippen LogP contribution in [0.2, 0.25) is 0 Å². The van der Waals surface area contributed by atoms with Crippen LogP contribution in [0.1, 0.15) is 29.9 Å². The number of rotatable bonds is 2. The smallest absolute Gasteiger partial charge is 0.0457 e. The molecule has 1 saturated heterocycles. The standard InChI is InChI=1S/C16H22N2OS/c1-12-4-5-16-14(10-12)15(11-17-16)13-6-8-18(9-7-13)20(2,3)19/h4-5,10-11,13,17H,2,6-9H2,1,3H3. The van der Waals surface area contributed by atoms with Gasteiger partial charge in [-0.25, -0.2) is 4.31 Å². The molecule has 1 atom stereocenters. The van der Waals surface area contributed by atoms with Crippen molar-refractivity contribution in [3.05, 3.63) is 35.5 Å². The van der Waals surface area contributed by atoms with Gasteiger partial charge >= 0.3 is 0 Å². The Bertz CT molecular complexity index is 722. The van der Waals surface area contributed by atoms with E-state index in [1.54, 1.807) is 6.26 Å². The molecule has 2 aromatic rings. The van der Waals surface area contributed by atoms with Gasteiger partial charge in [0.05, 0.1) is 0 Å². The van der Waals surface area contributed by atoms with Crippen LogP contribution in [-0.2, 0) is 9.71 Å². The van der Waals surface area contributed by atoms with Crippen molar-refractivity contribution < 1.29 is 4.21 Å². The van der Waals surface area contributed by atoms with Crippen molar-refractivity contribution >= 4 is 26.5 Å². The molecule has 1 N–H and O–H groups in total. The van der Waals surface area contributed by atoms with Crippen molar-refractivity contribution in [3.63, 3.8) is 0 Å². The Hall–Kier alpha value is -1.26. The number of fused-ring (bicyclic) bond motifs is 1. The highest BCUT2D eigenvalue weighted by Gasteiger charge is 2.24. The summed E-state index contributed by atoms with van der Waals surface area (Å²) in [4.78, 5) is 3.37. The summed E-state index contributed by atoms with van der Waals surface area (Å²) in [5, 5.41) is 1.34. The van der Waals surface area contributed by atoms with Gasteiger partial charge in [0.15, 0.2) is 0 Å². The molecular formula is C16H22N2OS. The maximum Gasteiger partial charge on any atom is 0.0457 e. The minimum Gasteiger partial charge on any atom is -0.361 e. The largest absolute Gasteiger partial charge is 0.361 e. The number of aromatic amines is 1. The molecule has 0 spiro atoms. The van der Waals surface area contributed by atoms with E-state index in [4.69, 9.17) is 0 Å². The van der Waals surface area contributed by atoms with Gasteiger partial charge in [-0.05, 0) is 49.2 Å². The summed E-state index contributed by atoms with van der Waals surface area (Å²) < 4.78 is 14.0. The number of hydrogen-bond donors (Lipinski definition) is 1. The van der Waals surface area contributed by atoms with Crippen molar-refractivity contribution in [2.45, 2.75) is 25.7 Å². The first-order valence-electron chi connectivity index (χ1n) is 7.10. The third kappa shape index (κ3) is 2.50. The van der Waals surface area contributed by atoms with Crippen LogP contribution in [0.25, 0.3) is 10.9 Å². The fraction of sp³-hybridized carbons (Fsp3) is 0.438. The molecule has 2 heterocycles. The predicted molar refractivity (Wildman–Crippen MR) is 87.8 cm³/mol. The van der Waals surface area contributed by atoms with Gasteiger partial charge in [0.1, 0.15) is 0 Å². The number of H-pyrrole nitrogens is 1. The van der Waals surface area contributed by atoms with Crippen molar-refractivity contribution in [3.8, 4) is 0 Å². The first-order valence-corrected chi connectivity index (χ1v) is 9.19. The molecular weight excluding hydrogens is 268 g/mol. The Morgan fingerprint density at radius 1 is 1.35 bits per heavy atom. The molecule has 0 aliphatic carbocycles. The monoisotopic (exact) mass is 290 g/mol. The van der Waals surface area contributed by atoms with Crippen LogP contribution in [0, 0.1) is 6.92 Å². The molecule has 1 aromatic heterocycles. The summed E-state index contributed by atoms with van der Waals surface area (Å²) in [6, 6.07) is 6.55. The summed E-state index contributed by atoms with van der Waals surface area (Å²) in [5.41, 5.74) is 3.92. The molecule has 1 unspecified atom stereocenters. The molecule has 0 saturated carbocycles. The average Bonchev–Trinajstić information content (AvgIpc) is 2.81. The Labute approximate surface area is 121 Å². The lowest BCUT2D eigenvalue weighted by Gasteiger charge is -2.32. The summed E-state index contributed by atoms with van der Waals surface area (Å²) in [7, 11) is -2.04. The molecule has 0 bridgehead atoms. The van der Waals surface area contributed by atoms with E-state index in [1.807, 2.05) is 4.31 Å². The van der Waals surface area contributed by atoms with Crippen molar-refractivity contribution in [2.24, 2.45) is 0 Å². The van der Waals surface area contributed by atoms with Crippen molar-refractivity contribution in [1.29, 1.82) is 0 Å². The van der Waals surface area contributed by atoms with Crippen molar-refractivity contribution in [1.82, 2.24) is 9.29 Å². The molecule has 1 aromatic carbocycles. The molecule has 0 amide bonds. The first-order chi connectivity index (χ1) is 9.45. The van der Waals surface area contributed by atoms with E-state index < -0.39 is 9.71 Å². The van der Waals surface area contributed by atoms with E-state index in [1.165, 1.54) is 22.0 Å². The topological polar surface area (TPSA) is 36.1 Å². The fourth-order valence-electron chi connectivity index (χ4n) is 3.15. The Morgan fingerprint density at radius 3 is 2.70 bits per heavy atom. The van der Waals surface area contributed by atoms with Crippen LogP contribution in [-0.4, -0.2) is 38.7 Å². The molecule has 20 heavy (non-hydrogen) atoms. The lowest BCUT2D eigenvalue weighted by molar-refractivity contribution is 0.335. The molecule has 1 aliphatic rings. The van der Waals surface area contributed by atoms with E-state index in [0.29, 0.717) is 5.92 Å². The molecule has 3 nitrogen and oxygen atoms in total. The van der Waals surface area contributed by atoms with Crippen molar-refractivity contribution in [2.75, 3.05) is 19.3 Å². The van der Waals surface area contributed by atoms with E-state index >= 15 is 0 Å². The quantitative estimate of drug-likeness (QED) is 0.848. The van der Waals surface area contributed by atoms with Gasteiger partial charge < -0.3 is 4.98 Å². The van der Waals surface area contributed by atoms with E-state index in [-0.39, 0.29) is 0 Å². The van der Waals surface area contributed by atoms with Gasteiger partial charge in [0, 0.05) is 46.2 Å². The predicted octanol–water partition coefficient (Wildman–Crippen LogP) is 2.92. The number of aromatic nitrogens is 1. The minimum absolute atomic E-state index is 0.559. The highest BCUT2D eigenvalue weighted by atomic mass is 32.2. The first kappa shape index (κ1) is 13.7. The second-order valence-corrected chi connectivity index (χ2v) is 8.39.